The molecule has 30 heavy (non-hydrogen) atoms. The van der Waals surface area contributed by atoms with Crippen LogP contribution in [0.4, 0.5) is 5.69 Å². The Balaban J connectivity index is 1.47. The van der Waals surface area contributed by atoms with Crippen LogP contribution in [0, 0.1) is 20.8 Å². The molecule has 1 aromatic heterocycles. The Labute approximate surface area is 179 Å². The second-order valence-corrected chi connectivity index (χ2v) is 8.97. The summed E-state index contributed by atoms with van der Waals surface area (Å²) in [6.07, 6.45) is 4.27. The molecule has 0 radical (unpaired) electrons. The minimum atomic E-state index is 0.0293. The number of aromatic nitrogens is 1. The summed E-state index contributed by atoms with van der Waals surface area (Å²) in [6.45, 7) is 10.7. The van der Waals surface area contributed by atoms with Gasteiger partial charge in [0.2, 0.25) is 5.91 Å². The van der Waals surface area contributed by atoms with E-state index in [2.05, 4.69) is 67.2 Å². The number of hydrogen-bond acceptors (Lipinski definition) is 2. The molecular formula is C26H33N3O. The van der Waals surface area contributed by atoms with Gasteiger partial charge in [0, 0.05) is 34.9 Å². The molecule has 1 saturated heterocycles. The number of aryl methyl sites for hydroxylation is 3. The van der Waals surface area contributed by atoms with E-state index in [4.69, 9.17) is 0 Å². The van der Waals surface area contributed by atoms with Gasteiger partial charge in [-0.25, -0.2) is 0 Å². The number of carbonyl (C=O) groups is 1. The minimum Gasteiger partial charge on any atom is -0.358 e. The van der Waals surface area contributed by atoms with Gasteiger partial charge in [-0.05, 0) is 82.0 Å². The monoisotopic (exact) mass is 403 g/mol. The number of nitrogens with zero attached hydrogens (tertiary/aromatic N) is 1. The first-order valence-corrected chi connectivity index (χ1v) is 11.1. The zero-order valence-electron chi connectivity index (χ0n) is 18.6. The van der Waals surface area contributed by atoms with Crippen LogP contribution in [0.3, 0.4) is 0 Å². The van der Waals surface area contributed by atoms with Crippen LogP contribution in [0.15, 0.2) is 36.4 Å². The fraction of sp³-hybridized carbons (Fsp3) is 0.423. The number of fused-ring (bicyclic) bond motifs is 1. The highest BCUT2D eigenvalue weighted by Crippen LogP contribution is 2.27. The zero-order chi connectivity index (χ0) is 21.3. The predicted molar refractivity (Wildman–Crippen MR) is 125 cm³/mol. The van der Waals surface area contributed by atoms with Crippen LogP contribution in [0.25, 0.3) is 10.9 Å². The maximum atomic E-state index is 12.9. The van der Waals surface area contributed by atoms with Gasteiger partial charge in [0.1, 0.15) is 0 Å². The molecule has 0 spiro atoms. The topological polar surface area (TPSA) is 48.1 Å². The smallest absolute Gasteiger partial charge is 0.228 e. The summed E-state index contributed by atoms with van der Waals surface area (Å²) in [4.78, 5) is 18.9. The quantitative estimate of drug-likeness (QED) is 0.578. The van der Waals surface area contributed by atoms with Crippen molar-refractivity contribution in [1.29, 1.82) is 0 Å². The van der Waals surface area contributed by atoms with Crippen molar-refractivity contribution < 1.29 is 4.79 Å². The number of amides is 1. The number of aromatic amines is 1. The first-order valence-electron chi connectivity index (χ1n) is 11.1. The highest BCUT2D eigenvalue weighted by molar-refractivity contribution is 5.97. The maximum absolute atomic E-state index is 12.9. The van der Waals surface area contributed by atoms with E-state index in [9.17, 15) is 4.79 Å². The molecule has 2 aromatic carbocycles. The van der Waals surface area contributed by atoms with E-state index < -0.39 is 0 Å². The molecule has 2 heterocycles. The molecule has 1 atom stereocenters. The van der Waals surface area contributed by atoms with E-state index in [0.717, 1.165) is 40.9 Å². The summed E-state index contributed by atoms with van der Waals surface area (Å²) in [5.41, 5.74) is 7.88. The largest absolute Gasteiger partial charge is 0.358 e. The Hall–Kier alpha value is -2.59. The third-order valence-corrected chi connectivity index (χ3v) is 6.44. The Kier molecular flexibility index (Phi) is 5.96. The summed E-state index contributed by atoms with van der Waals surface area (Å²) < 4.78 is 0. The highest BCUT2D eigenvalue weighted by atomic mass is 16.1. The molecule has 1 aliphatic rings. The SMILES string of the molecule is Cc1cc(C)c2[nH]c(C)c(CC(=O)Nc3cccc(CN4CCCC[C@@H]4C)c3)c2c1. The third-order valence-electron chi connectivity index (χ3n) is 6.44. The Morgan fingerprint density at radius 1 is 1.17 bits per heavy atom. The molecule has 2 N–H and O–H groups in total. The van der Waals surface area contributed by atoms with Crippen LogP contribution >= 0.6 is 0 Å². The van der Waals surface area contributed by atoms with Crippen LogP contribution < -0.4 is 5.32 Å². The molecular weight excluding hydrogens is 370 g/mol. The highest BCUT2D eigenvalue weighted by Gasteiger charge is 2.18. The van der Waals surface area contributed by atoms with Crippen molar-refractivity contribution in [2.75, 3.05) is 11.9 Å². The molecule has 1 aliphatic heterocycles. The van der Waals surface area contributed by atoms with Crippen molar-refractivity contribution in [1.82, 2.24) is 9.88 Å². The normalized spacial score (nSPS) is 17.4. The van der Waals surface area contributed by atoms with Crippen LogP contribution in [0.1, 0.15) is 54.1 Å². The number of anilines is 1. The molecule has 158 valence electrons. The molecule has 1 fully saturated rings. The van der Waals surface area contributed by atoms with E-state index in [1.165, 1.54) is 36.0 Å². The summed E-state index contributed by atoms with van der Waals surface area (Å²) in [7, 11) is 0. The van der Waals surface area contributed by atoms with E-state index in [1.807, 2.05) is 12.1 Å². The first-order chi connectivity index (χ1) is 14.4. The number of benzene rings is 2. The van der Waals surface area contributed by atoms with Gasteiger partial charge >= 0.3 is 0 Å². The van der Waals surface area contributed by atoms with Gasteiger partial charge < -0.3 is 10.3 Å². The number of nitrogens with one attached hydrogen (secondary N) is 2. The number of piperidine rings is 1. The molecule has 1 amide bonds. The van der Waals surface area contributed by atoms with Crippen molar-refractivity contribution in [3.63, 3.8) is 0 Å². The van der Waals surface area contributed by atoms with Gasteiger partial charge in [0.25, 0.3) is 0 Å². The molecule has 4 heteroatoms. The lowest BCUT2D eigenvalue weighted by atomic mass is 10.0. The average Bonchev–Trinajstić information content (AvgIpc) is 3.00. The zero-order valence-corrected chi connectivity index (χ0v) is 18.6. The van der Waals surface area contributed by atoms with Crippen molar-refractivity contribution in [3.8, 4) is 0 Å². The molecule has 0 aliphatic carbocycles. The van der Waals surface area contributed by atoms with Crippen LogP contribution in [-0.4, -0.2) is 28.4 Å². The fourth-order valence-corrected chi connectivity index (χ4v) is 4.80. The van der Waals surface area contributed by atoms with Gasteiger partial charge in [-0.1, -0.05) is 30.2 Å². The average molecular weight is 404 g/mol. The summed E-state index contributed by atoms with van der Waals surface area (Å²) in [6, 6.07) is 13.3. The third kappa shape index (κ3) is 4.44. The summed E-state index contributed by atoms with van der Waals surface area (Å²) >= 11 is 0. The number of rotatable bonds is 5. The van der Waals surface area contributed by atoms with E-state index in [1.54, 1.807) is 0 Å². The lowest BCUT2D eigenvalue weighted by Crippen LogP contribution is -2.36. The van der Waals surface area contributed by atoms with E-state index in [0.29, 0.717) is 12.5 Å². The van der Waals surface area contributed by atoms with Crippen LogP contribution in [0.5, 0.6) is 0 Å². The number of H-pyrrole nitrogens is 1. The Bertz CT molecular complexity index is 1070. The lowest BCUT2D eigenvalue weighted by Gasteiger charge is -2.33. The van der Waals surface area contributed by atoms with Gasteiger partial charge in [-0.15, -0.1) is 0 Å². The van der Waals surface area contributed by atoms with Crippen LogP contribution in [0.2, 0.25) is 0 Å². The van der Waals surface area contributed by atoms with Crippen molar-refractivity contribution in [2.24, 2.45) is 0 Å². The molecule has 0 unspecified atom stereocenters. The van der Waals surface area contributed by atoms with Crippen molar-refractivity contribution >= 4 is 22.5 Å². The fourth-order valence-electron chi connectivity index (χ4n) is 4.80. The standard InChI is InChI=1S/C26H33N3O/c1-17-12-18(2)26-24(13-17)23(20(4)27-26)15-25(30)28-22-10-7-9-21(14-22)16-29-11-6-5-8-19(29)3/h7,9-10,12-14,19,27H,5-6,8,11,15-16H2,1-4H3,(H,28,30)/t19-/m0/s1. The lowest BCUT2D eigenvalue weighted by molar-refractivity contribution is -0.115. The van der Waals surface area contributed by atoms with Gasteiger partial charge in [0.05, 0.1) is 6.42 Å². The second-order valence-electron chi connectivity index (χ2n) is 8.97. The van der Waals surface area contributed by atoms with Gasteiger partial charge in [-0.3, -0.25) is 9.69 Å². The minimum absolute atomic E-state index is 0.0293. The Morgan fingerprint density at radius 2 is 2.00 bits per heavy atom. The van der Waals surface area contributed by atoms with Crippen molar-refractivity contribution in [3.05, 3.63) is 64.3 Å². The molecule has 4 rings (SSSR count). The summed E-state index contributed by atoms with van der Waals surface area (Å²) in [5.74, 6) is 0.0293. The van der Waals surface area contributed by atoms with Crippen LogP contribution in [-0.2, 0) is 17.8 Å². The molecule has 0 bridgehead atoms. The predicted octanol–water partition coefficient (Wildman–Crippen LogP) is 5.65. The molecule has 4 nitrogen and oxygen atoms in total. The second kappa shape index (κ2) is 8.65. The molecule has 0 saturated carbocycles. The van der Waals surface area contributed by atoms with Gasteiger partial charge in [0.15, 0.2) is 0 Å². The van der Waals surface area contributed by atoms with Gasteiger partial charge in [-0.2, -0.15) is 0 Å². The number of hydrogen-bond donors (Lipinski definition) is 2. The summed E-state index contributed by atoms with van der Waals surface area (Å²) in [5, 5.41) is 4.28. The molecule has 3 aromatic rings. The number of carbonyl (C=O) groups excluding carboxylic acids is 1. The van der Waals surface area contributed by atoms with E-state index >= 15 is 0 Å². The maximum Gasteiger partial charge on any atom is 0.228 e. The van der Waals surface area contributed by atoms with E-state index in [-0.39, 0.29) is 5.91 Å². The number of likely N-dealkylation sites (tertiary alicyclic amines) is 1. The Morgan fingerprint density at radius 3 is 2.80 bits per heavy atom. The first kappa shape index (κ1) is 20.7. The van der Waals surface area contributed by atoms with Crippen molar-refractivity contribution in [2.45, 2.75) is 66.0 Å².